The lowest BCUT2D eigenvalue weighted by atomic mass is 9.85. The van der Waals surface area contributed by atoms with Gasteiger partial charge in [-0.05, 0) is 37.5 Å². The average Bonchev–Trinajstić information content (AvgIpc) is 2.39. The van der Waals surface area contributed by atoms with Gasteiger partial charge in [-0.1, -0.05) is 36.6 Å². The molecule has 0 amide bonds. The SMILES string of the molecule is C[C@@H](NC1CCCCC1C#N)c1cccc(Cl)c1. The predicted molar refractivity (Wildman–Crippen MR) is 74.4 cm³/mol. The van der Waals surface area contributed by atoms with Crippen LogP contribution in [0, 0.1) is 17.2 Å². The van der Waals surface area contributed by atoms with E-state index >= 15 is 0 Å². The Morgan fingerprint density at radius 1 is 1.39 bits per heavy atom. The van der Waals surface area contributed by atoms with Crippen molar-refractivity contribution in [3.63, 3.8) is 0 Å². The third-order valence-corrected chi connectivity index (χ3v) is 3.98. The number of nitrogens with zero attached hydrogens (tertiary/aromatic N) is 1. The predicted octanol–water partition coefficient (Wildman–Crippen LogP) is 4.07. The van der Waals surface area contributed by atoms with E-state index in [1.54, 1.807) is 0 Å². The summed E-state index contributed by atoms with van der Waals surface area (Å²) in [6.07, 6.45) is 4.53. The molecule has 2 rings (SSSR count). The zero-order chi connectivity index (χ0) is 13.0. The number of nitriles is 1. The van der Waals surface area contributed by atoms with Crippen LogP contribution in [0.3, 0.4) is 0 Å². The summed E-state index contributed by atoms with van der Waals surface area (Å²) in [7, 11) is 0. The van der Waals surface area contributed by atoms with Crippen molar-refractivity contribution in [2.75, 3.05) is 0 Å². The minimum Gasteiger partial charge on any atom is -0.306 e. The molecule has 1 aromatic carbocycles. The van der Waals surface area contributed by atoms with Crippen LogP contribution in [0.15, 0.2) is 24.3 Å². The van der Waals surface area contributed by atoms with Crippen molar-refractivity contribution in [1.29, 1.82) is 5.26 Å². The number of nitrogens with one attached hydrogen (secondary N) is 1. The van der Waals surface area contributed by atoms with Gasteiger partial charge in [0, 0.05) is 17.1 Å². The van der Waals surface area contributed by atoms with Gasteiger partial charge >= 0.3 is 0 Å². The third-order valence-electron chi connectivity index (χ3n) is 3.74. The summed E-state index contributed by atoms with van der Waals surface area (Å²) in [5.74, 6) is 0.153. The van der Waals surface area contributed by atoms with Gasteiger partial charge in [-0.3, -0.25) is 0 Å². The lowest BCUT2D eigenvalue weighted by Crippen LogP contribution is -2.39. The summed E-state index contributed by atoms with van der Waals surface area (Å²) in [5.41, 5.74) is 1.18. The highest BCUT2D eigenvalue weighted by Crippen LogP contribution is 2.26. The molecule has 96 valence electrons. The molecule has 0 saturated heterocycles. The first-order valence-electron chi connectivity index (χ1n) is 6.62. The highest BCUT2D eigenvalue weighted by Gasteiger charge is 2.26. The molecule has 3 atom stereocenters. The van der Waals surface area contributed by atoms with E-state index < -0.39 is 0 Å². The van der Waals surface area contributed by atoms with Crippen molar-refractivity contribution >= 4 is 11.6 Å². The fraction of sp³-hybridized carbons (Fsp3) is 0.533. The van der Waals surface area contributed by atoms with Gasteiger partial charge in [0.15, 0.2) is 0 Å². The van der Waals surface area contributed by atoms with Crippen molar-refractivity contribution in [3.8, 4) is 6.07 Å². The lowest BCUT2D eigenvalue weighted by molar-refractivity contribution is 0.292. The Kier molecular flexibility index (Phi) is 4.63. The molecule has 0 radical (unpaired) electrons. The average molecular weight is 263 g/mol. The molecule has 0 heterocycles. The number of rotatable bonds is 3. The van der Waals surface area contributed by atoms with Crippen molar-refractivity contribution < 1.29 is 0 Å². The van der Waals surface area contributed by atoms with Crippen LogP contribution in [0.25, 0.3) is 0 Å². The van der Waals surface area contributed by atoms with Gasteiger partial charge < -0.3 is 5.32 Å². The monoisotopic (exact) mass is 262 g/mol. The molecule has 0 bridgehead atoms. The van der Waals surface area contributed by atoms with E-state index in [-0.39, 0.29) is 12.0 Å². The van der Waals surface area contributed by atoms with E-state index in [4.69, 9.17) is 11.6 Å². The molecule has 1 fully saturated rings. The van der Waals surface area contributed by atoms with Gasteiger partial charge in [-0.25, -0.2) is 0 Å². The molecule has 1 aliphatic rings. The number of hydrogen-bond donors (Lipinski definition) is 1. The Morgan fingerprint density at radius 2 is 2.17 bits per heavy atom. The molecule has 0 aromatic heterocycles. The molecule has 1 aliphatic carbocycles. The summed E-state index contributed by atoms with van der Waals surface area (Å²) in [6.45, 7) is 2.13. The van der Waals surface area contributed by atoms with Gasteiger partial charge in [-0.2, -0.15) is 5.26 Å². The quantitative estimate of drug-likeness (QED) is 0.891. The Labute approximate surface area is 114 Å². The zero-order valence-electron chi connectivity index (χ0n) is 10.7. The molecule has 2 unspecified atom stereocenters. The largest absolute Gasteiger partial charge is 0.306 e. The first-order valence-corrected chi connectivity index (χ1v) is 6.99. The molecule has 1 N–H and O–H groups in total. The van der Waals surface area contributed by atoms with Crippen LogP contribution in [-0.2, 0) is 0 Å². The van der Waals surface area contributed by atoms with E-state index in [2.05, 4.69) is 24.4 Å². The zero-order valence-corrected chi connectivity index (χ0v) is 11.5. The summed E-state index contributed by atoms with van der Waals surface area (Å²) < 4.78 is 0. The van der Waals surface area contributed by atoms with E-state index in [0.717, 1.165) is 17.9 Å². The van der Waals surface area contributed by atoms with Crippen LogP contribution in [-0.4, -0.2) is 6.04 Å². The lowest BCUT2D eigenvalue weighted by Gasteiger charge is -2.30. The number of benzene rings is 1. The van der Waals surface area contributed by atoms with E-state index in [1.807, 2.05) is 18.2 Å². The summed E-state index contributed by atoms with van der Waals surface area (Å²) in [5, 5.41) is 13.5. The molecular formula is C15H19ClN2. The van der Waals surface area contributed by atoms with Gasteiger partial charge in [0.2, 0.25) is 0 Å². The van der Waals surface area contributed by atoms with E-state index in [0.29, 0.717) is 6.04 Å². The van der Waals surface area contributed by atoms with Gasteiger partial charge in [0.1, 0.15) is 0 Å². The van der Waals surface area contributed by atoms with Crippen molar-refractivity contribution in [1.82, 2.24) is 5.32 Å². The van der Waals surface area contributed by atoms with Gasteiger partial charge in [0.05, 0.1) is 12.0 Å². The Balaban J connectivity index is 2.02. The second kappa shape index (κ2) is 6.22. The van der Waals surface area contributed by atoms with E-state index in [1.165, 1.54) is 18.4 Å². The second-order valence-electron chi connectivity index (χ2n) is 5.07. The fourth-order valence-corrected chi connectivity index (χ4v) is 2.88. The summed E-state index contributed by atoms with van der Waals surface area (Å²) in [4.78, 5) is 0. The molecule has 1 aromatic rings. The van der Waals surface area contributed by atoms with Crippen LogP contribution in [0.5, 0.6) is 0 Å². The molecular weight excluding hydrogens is 244 g/mol. The maximum absolute atomic E-state index is 9.18. The second-order valence-corrected chi connectivity index (χ2v) is 5.51. The summed E-state index contributed by atoms with van der Waals surface area (Å²) in [6, 6.07) is 10.9. The highest BCUT2D eigenvalue weighted by molar-refractivity contribution is 6.30. The van der Waals surface area contributed by atoms with Gasteiger partial charge in [0.25, 0.3) is 0 Å². The van der Waals surface area contributed by atoms with Crippen molar-refractivity contribution in [2.45, 2.75) is 44.7 Å². The van der Waals surface area contributed by atoms with Crippen molar-refractivity contribution in [3.05, 3.63) is 34.9 Å². The van der Waals surface area contributed by atoms with Crippen LogP contribution in [0.2, 0.25) is 5.02 Å². The van der Waals surface area contributed by atoms with Crippen LogP contribution in [0.1, 0.15) is 44.2 Å². The van der Waals surface area contributed by atoms with Crippen LogP contribution >= 0.6 is 11.6 Å². The first kappa shape index (κ1) is 13.4. The molecule has 1 saturated carbocycles. The van der Waals surface area contributed by atoms with Crippen LogP contribution in [0.4, 0.5) is 0 Å². The van der Waals surface area contributed by atoms with E-state index in [9.17, 15) is 5.26 Å². The molecule has 0 spiro atoms. The van der Waals surface area contributed by atoms with Crippen LogP contribution < -0.4 is 5.32 Å². The highest BCUT2D eigenvalue weighted by atomic mass is 35.5. The van der Waals surface area contributed by atoms with Crippen molar-refractivity contribution in [2.24, 2.45) is 5.92 Å². The number of halogens is 1. The minimum absolute atomic E-state index is 0.153. The van der Waals surface area contributed by atoms with Gasteiger partial charge in [-0.15, -0.1) is 0 Å². The fourth-order valence-electron chi connectivity index (χ4n) is 2.68. The smallest absolute Gasteiger partial charge is 0.0672 e. The normalized spacial score (nSPS) is 25.4. The minimum atomic E-state index is 0.153. The molecule has 0 aliphatic heterocycles. The Hall–Kier alpha value is -1.04. The topological polar surface area (TPSA) is 35.8 Å². The Morgan fingerprint density at radius 3 is 2.89 bits per heavy atom. The molecule has 18 heavy (non-hydrogen) atoms. The Bertz CT molecular complexity index is 438. The molecule has 3 heteroatoms. The maximum Gasteiger partial charge on any atom is 0.0672 e. The number of hydrogen-bond acceptors (Lipinski definition) is 2. The molecule has 2 nitrogen and oxygen atoms in total. The maximum atomic E-state index is 9.18. The summed E-state index contributed by atoms with van der Waals surface area (Å²) >= 11 is 6.01. The third kappa shape index (κ3) is 3.25. The first-order chi connectivity index (χ1) is 8.70. The standard InChI is InChI=1S/C15H19ClN2/c1-11(12-6-4-7-14(16)9-12)18-15-8-3-2-5-13(15)10-17/h4,6-7,9,11,13,15,18H,2-3,5,8H2,1H3/t11-,13?,15?/m1/s1.